The van der Waals surface area contributed by atoms with E-state index in [4.69, 9.17) is 0 Å². The van der Waals surface area contributed by atoms with Crippen LogP contribution in [0.5, 0.6) is 0 Å². The van der Waals surface area contributed by atoms with E-state index in [9.17, 15) is 4.39 Å². The maximum Gasteiger partial charge on any atom is 0.224 e. The number of halogens is 2. The van der Waals surface area contributed by atoms with Crippen LogP contribution in [0.4, 0.5) is 21.8 Å². The fraction of sp³-hybridized carbons (Fsp3) is 0.167. The molecule has 0 aliphatic carbocycles. The second-order valence-corrected chi connectivity index (χ2v) is 4.64. The van der Waals surface area contributed by atoms with Gasteiger partial charge in [-0.15, -0.1) is 0 Å². The Kier molecular flexibility index (Phi) is 3.76. The highest BCUT2D eigenvalue weighted by atomic mass is 79.9. The third-order valence-electron chi connectivity index (χ3n) is 2.38. The Morgan fingerprint density at radius 2 is 2.11 bits per heavy atom. The Labute approximate surface area is 113 Å². The monoisotopic (exact) mass is 310 g/mol. The van der Waals surface area contributed by atoms with E-state index in [1.165, 1.54) is 6.07 Å². The van der Waals surface area contributed by atoms with Crippen LogP contribution >= 0.6 is 15.9 Å². The van der Waals surface area contributed by atoms with Crippen LogP contribution in [0, 0.1) is 12.7 Å². The zero-order chi connectivity index (χ0) is 13.1. The number of nitrogens with zero attached hydrogens (tertiary/aromatic N) is 2. The summed E-state index contributed by atoms with van der Waals surface area (Å²) in [6.45, 7) is 1.86. The van der Waals surface area contributed by atoms with Gasteiger partial charge in [0.25, 0.3) is 0 Å². The Morgan fingerprint density at radius 1 is 1.33 bits per heavy atom. The molecule has 0 bridgehead atoms. The first-order valence-corrected chi connectivity index (χ1v) is 6.13. The number of aryl methyl sites for hydroxylation is 1. The summed E-state index contributed by atoms with van der Waals surface area (Å²) in [4.78, 5) is 8.31. The molecule has 0 spiro atoms. The van der Waals surface area contributed by atoms with E-state index in [-0.39, 0.29) is 5.82 Å². The first kappa shape index (κ1) is 12.8. The lowest BCUT2D eigenvalue weighted by Gasteiger charge is -2.10. The van der Waals surface area contributed by atoms with Gasteiger partial charge in [0.05, 0.1) is 5.69 Å². The number of hydrogen-bond acceptors (Lipinski definition) is 4. The quantitative estimate of drug-likeness (QED) is 0.911. The molecule has 0 unspecified atom stereocenters. The van der Waals surface area contributed by atoms with Crippen molar-refractivity contribution in [2.24, 2.45) is 0 Å². The third-order valence-corrected chi connectivity index (χ3v) is 2.87. The molecular weight excluding hydrogens is 299 g/mol. The lowest BCUT2D eigenvalue weighted by Crippen LogP contribution is -2.03. The summed E-state index contributed by atoms with van der Waals surface area (Å²) < 4.78 is 14.4. The highest BCUT2D eigenvalue weighted by molar-refractivity contribution is 9.10. The number of nitrogens with one attached hydrogen (secondary N) is 2. The van der Waals surface area contributed by atoms with E-state index < -0.39 is 0 Å². The predicted molar refractivity (Wildman–Crippen MR) is 73.7 cm³/mol. The van der Waals surface area contributed by atoms with Gasteiger partial charge in [-0.3, -0.25) is 0 Å². The Balaban J connectivity index is 2.33. The zero-order valence-corrected chi connectivity index (χ0v) is 11.5. The van der Waals surface area contributed by atoms with Crippen LogP contribution in [0.15, 0.2) is 28.9 Å². The molecule has 6 heteroatoms. The molecule has 0 saturated carbocycles. The topological polar surface area (TPSA) is 49.8 Å². The summed E-state index contributed by atoms with van der Waals surface area (Å²) in [7, 11) is 1.73. The van der Waals surface area contributed by atoms with Gasteiger partial charge in [-0.05, 0) is 25.1 Å². The van der Waals surface area contributed by atoms with E-state index in [1.807, 2.05) is 6.92 Å². The van der Waals surface area contributed by atoms with Crippen molar-refractivity contribution in [3.8, 4) is 0 Å². The highest BCUT2D eigenvalue weighted by Gasteiger charge is 2.07. The fourth-order valence-corrected chi connectivity index (χ4v) is 1.74. The SMILES string of the molecule is CNc1ncc(C)c(Nc2ccc(Br)cc2F)n1. The molecule has 2 N–H and O–H groups in total. The van der Waals surface area contributed by atoms with Crippen molar-refractivity contribution in [3.63, 3.8) is 0 Å². The predicted octanol–water partition coefficient (Wildman–Crippen LogP) is 3.47. The van der Waals surface area contributed by atoms with Crippen molar-refractivity contribution >= 4 is 33.4 Å². The summed E-state index contributed by atoms with van der Waals surface area (Å²) in [6, 6.07) is 4.82. The second kappa shape index (κ2) is 5.30. The molecule has 1 heterocycles. The Hall–Kier alpha value is -1.69. The number of anilines is 3. The first-order valence-electron chi connectivity index (χ1n) is 5.33. The Bertz CT molecular complexity index is 574. The fourth-order valence-electron chi connectivity index (χ4n) is 1.41. The van der Waals surface area contributed by atoms with Crippen molar-refractivity contribution in [2.75, 3.05) is 17.7 Å². The molecule has 4 nitrogen and oxygen atoms in total. The van der Waals surface area contributed by atoms with Crippen molar-refractivity contribution in [2.45, 2.75) is 6.92 Å². The van der Waals surface area contributed by atoms with Crippen LogP contribution < -0.4 is 10.6 Å². The lowest BCUT2D eigenvalue weighted by atomic mass is 10.3. The van der Waals surface area contributed by atoms with Crippen LogP contribution in [-0.2, 0) is 0 Å². The normalized spacial score (nSPS) is 10.2. The van der Waals surface area contributed by atoms with Gasteiger partial charge in [0.15, 0.2) is 0 Å². The largest absolute Gasteiger partial charge is 0.357 e. The van der Waals surface area contributed by atoms with Gasteiger partial charge < -0.3 is 10.6 Å². The lowest BCUT2D eigenvalue weighted by molar-refractivity contribution is 0.631. The molecule has 0 atom stereocenters. The van der Waals surface area contributed by atoms with Gasteiger partial charge >= 0.3 is 0 Å². The number of hydrogen-bond donors (Lipinski definition) is 2. The smallest absolute Gasteiger partial charge is 0.224 e. The molecule has 0 aliphatic rings. The molecule has 1 aromatic heterocycles. The number of benzene rings is 1. The summed E-state index contributed by atoms with van der Waals surface area (Å²) in [6.07, 6.45) is 1.68. The Morgan fingerprint density at radius 3 is 2.78 bits per heavy atom. The minimum atomic E-state index is -0.339. The molecule has 0 radical (unpaired) electrons. The summed E-state index contributed by atoms with van der Waals surface area (Å²) >= 11 is 3.22. The summed E-state index contributed by atoms with van der Waals surface area (Å²) in [5, 5.41) is 5.80. The van der Waals surface area contributed by atoms with Crippen molar-refractivity contribution in [1.82, 2.24) is 9.97 Å². The minimum absolute atomic E-state index is 0.339. The van der Waals surface area contributed by atoms with Gasteiger partial charge in [0.1, 0.15) is 11.6 Å². The van der Waals surface area contributed by atoms with Gasteiger partial charge in [0, 0.05) is 23.3 Å². The minimum Gasteiger partial charge on any atom is -0.357 e. The highest BCUT2D eigenvalue weighted by Crippen LogP contribution is 2.24. The number of rotatable bonds is 3. The molecular formula is C12H12BrFN4. The zero-order valence-electron chi connectivity index (χ0n) is 9.96. The van der Waals surface area contributed by atoms with Crippen molar-refractivity contribution in [3.05, 3.63) is 40.2 Å². The van der Waals surface area contributed by atoms with Crippen LogP contribution in [0.25, 0.3) is 0 Å². The second-order valence-electron chi connectivity index (χ2n) is 3.72. The van der Waals surface area contributed by atoms with Crippen LogP contribution in [0.3, 0.4) is 0 Å². The first-order chi connectivity index (χ1) is 8.60. The van der Waals surface area contributed by atoms with E-state index in [2.05, 4.69) is 36.5 Å². The third kappa shape index (κ3) is 2.76. The van der Waals surface area contributed by atoms with Gasteiger partial charge in [0.2, 0.25) is 5.95 Å². The molecule has 0 amide bonds. The van der Waals surface area contributed by atoms with Crippen LogP contribution in [0.2, 0.25) is 0 Å². The molecule has 2 rings (SSSR count). The molecule has 0 aliphatic heterocycles. The summed E-state index contributed by atoms with van der Waals surface area (Å²) in [5.41, 5.74) is 1.22. The number of aromatic nitrogens is 2. The van der Waals surface area contributed by atoms with E-state index in [0.717, 1.165) is 5.56 Å². The summed E-state index contributed by atoms with van der Waals surface area (Å²) in [5.74, 6) is 0.726. The van der Waals surface area contributed by atoms with Crippen molar-refractivity contribution < 1.29 is 4.39 Å². The van der Waals surface area contributed by atoms with E-state index >= 15 is 0 Å². The molecule has 0 fully saturated rings. The molecule has 0 saturated heterocycles. The maximum absolute atomic E-state index is 13.7. The van der Waals surface area contributed by atoms with Gasteiger partial charge in [-0.25, -0.2) is 9.37 Å². The van der Waals surface area contributed by atoms with E-state index in [1.54, 1.807) is 25.4 Å². The van der Waals surface area contributed by atoms with Gasteiger partial charge in [-0.1, -0.05) is 15.9 Å². The standard InChI is InChI=1S/C12H12BrFN4/c1-7-6-16-12(15-2)18-11(7)17-10-4-3-8(13)5-9(10)14/h3-6H,1-2H3,(H2,15,16,17,18). The average Bonchev–Trinajstić information content (AvgIpc) is 2.35. The molecule has 2 aromatic rings. The van der Waals surface area contributed by atoms with Crippen LogP contribution in [0.1, 0.15) is 5.56 Å². The van der Waals surface area contributed by atoms with E-state index in [0.29, 0.717) is 21.9 Å². The average molecular weight is 311 g/mol. The van der Waals surface area contributed by atoms with Crippen molar-refractivity contribution in [1.29, 1.82) is 0 Å². The van der Waals surface area contributed by atoms with Gasteiger partial charge in [-0.2, -0.15) is 4.98 Å². The van der Waals surface area contributed by atoms with Crippen LogP contribution in [-0.4, -0.2) is 17.0 Å². The molecule has 94 valence electrons. The molecule has 1 aromatic carbocycles. The maximum atomic E-state index is 13.7. The molecule has 18 heavy (non-hydrogen) atoms.